The van der Waals surface area contributed by atoms with Crippen LogP contribution in [0.1, 0.15) is 59.8 Å². The third-order valence-corrected chi connectivity index (χ3v) is 10.0. The molecule has 7 nitrogen and oxygen atoms in total. The van der Waals surface area contributed by atoms with Crippen LogP contribution >= 0.6 is 0 Å². The molecule has 0 aliphatic heterocycles. The van der Waals surface area contributed by atoms with Crippen molar-refractivity contribution in [1.82, 2.24) is 5.32 Å². The van der Waals surface area contributed by atoms with Crippen LogP contribution in [0.4, 0.5) is 10.5 Å². The lowest BCUT2D eigenvalue weighted by atomic mass is 9.44. The Hall–Kier alpha value is -2.67. The van der Waals surface area contributed by atoms with E-state index in [1.807, 2.05) is 13.0 Å². The molecule has 4 rings (SSSR count). The fourth-order valence-electron chi connectivity index (χ4n) is 7.55. The van der Waals surface area contributed by atoms with Gasteiger partial charge in [0.25, 0.3) is 0 Å². The third kappa shape index (κ3) is 4.25. The van der Waals surface area contributed by atoms with Crippen LogP contribution < -0.4 is 10.6 Å². The molecule has 3 aliphatic rings. The van der Waals surface area contributed by atoms with Crippen LogP contribution in [0.2, 0.25) is 0 Å². The van der Waals surface area contributed by atoms with Gasteiger partial charge in [-0.15, -0.1) is 6.58 Å². The highest BCUT2D eigenvalue weighted by molar-refractivity contribution is 5.91. The normalized spacial score (nSPS) is 39.8. The Morgan fingerprint density at radius 2 is 1.89 bits per heavy atom. The van der Waals surface area contributed by atoms with Gasteiger partial charge in [-0.25, -0.2) is 4.79 Å². The molecule has 0 aromatic heterocycles. The van der Waals surface area contributed by atoms with Crippen LogP contribution in [0.15, 0.2) is 43.0 Å². The average molecular weight is 497 g/mol. The van der Waals surface area contributed by atoms with E-state index in [0.29, 0.717) is 18.5 Å². The molecule has 3 fully saturated rings. The molecule has 196 valence electrons. The molecule has 0 saturated heterocycles. The molecule has 0 heterocycles. The number of nitrogens with one attached hydrogen (secondary N) is 2. The van der Waals surface area contributed by atoms with Crippen molar-refractivity contribution in [1.29, 1.82) is 0 Å². The highest BCUT2D eigenvalue weighted by Crippen LogP contribution is 2.67. The summed E-state index contributed by atoms with van der Waals surface area (Å²) in [5, 5.41) is 16.8. The summed E-state index contributed by atoms with van der Waals surface area (Å²) in [5.41, 5.74) is -0.967. The van der Waals surface area contributed by atoms with Crippen LogP contribution in [-0.4, -0.2) is 41.6 Å². The molecule has 3 aliphatic carbocycles. The van der Waals surface area contributed by atoms with Crippen molar-refractivity contribution >= 4 is 23.5 Å². The quantitative estimate of drug-likeness (QED) is 0.404. The highest BCUT2D eigenvalue weighted by Gasteiger charge is 2.68. The van der Waals surface area contributed by atoms with E-state index < -0.39 is 35.0 Å². The molecular formula is C29H40N2O5. The monoisotopic (exact) mass is 496 g/mol. The molecular weight excluding hydrogens is 456 g/mol. The molecule has 3 N–H and O–H groups in total. The van der Waals surface area contributed by atoms with Crippen molar-refractivity contribution in [3.63, 3.8) is 0 Å². The fourth-order valence-corrected chi connectivity index (χ4v) is 7.55. The van der Waals surface area contributed by atoms with Crippen molar-refractivity contribution in [2.45, 2.75) is 72.0 Å². The van der Waals surface area contributed by atoms with E-state index in [-0.39, 0.29) is 35.5 Å². The first kappa shape index (κ1) is 26.4. The van der Waals surface area contributed by atoms with E-state index in [0.717, 1.165) is 19.3 Å². The van der Waals surface area contributed by atoms with Gasteiger partial charge < -0.3 is 20.5 Å². The van der Waals surface area contributed by atoms with E-state index in [9.17, 15) is 19.5 Å². The summed E-state index contributed by atoms with van der Waals surface area (Å²) >= 11 is 0. The Bertz CT molecular complexity index is 1030. The Kier molecular flexibility index (Phi) is 7.08. The number of ether oxygens (including phenoxy) is 1. The van der Waals surface area contributed by atoms with Gasteiger partial charge in [0.05, 0.1) is 6.10 Å². The third-order valence-electron chi connectivity index (χ3n) is 10.0. The number of aliphatic hydroxyl groups excluding tert-OH is 1. The molecule has 1 aromatic rings. The van der Waals surface area contributed by atoms with E-state index in [1.54, 1.807) is 30.3 Å². The SMILES string of the molecule is C=C[C@]1(C)C[C@@H](OC(=O)CNC(=O)Nc2ccccc2)[C@]2(C)[C@H](C)CC[C@]3(CCC(=O)[C@H]32)[C@@H](C)[C@@H]1O. The van der Waals surface area contributed by atoms with Gasteiger partial charge in [-0.05, 0) is 55.1 Å². The van der Waals surface area contributed by atoms with Crippen molar-refractivity contribution in [3.05, 3.63) is 43.0 Å². The van der Waals surface area contributed by atoms with Gasteiger partial charge in [-0.2, -0.15) is 0 Å². The number of hydrogen-bond donors (Lipinski definition) is 3. The number of esters is 1. The molecule has 0 radical (unpaired) electrons. The highest BCUT2D eigenvalue weighted by atomic mass is 16.5. The summed E-state index contributed by atoms with van der Waals surface area (Å²) in [6.07, 6.45) is 3.88. The first-order valence-electron chi connectivity index (χ1n) is 13.1. The summed E-state index contributed by atoms with van der Waals surface area (Å²) in [7, 11) is 0. The lowest BCUT2D eigenvalue weighted by molar-refractivity contribution is -0.206. The molecule has 2 bridgehead atoms. The van der Waals surface area contributed by atoms with Crippen LogP contribution in [0.25, 0.3) is 0 Å². The number of aliphatic hydroxyl groups is 1. The second-order valence-corrected chi connectivity index (χ2v) is 11.7. The van der Waals surface area contributed by atoms with Gasteiger partial charge >= 0.3 is 12.0 Å². The second kappa shape index (κ2) is 9.66. The van der Waals surface area contributed by atoms with Crippen molar-refractivity contribution in [3.8, 4) is 0 Å². The topological polar surface area (TPSA) is 105 Å². The number of carbonyl (C=O) groups is 3. The van der Waals surface area contributed by atoms with E-state index in [1.165, 1.54) is 0 Å². The van der Waals surface area contributed by atoms with Crippen molar-refractivity contribution in [2.24, 2.45) is 34.0 Å². The molecule has 36 heavy (non-hydrogen) atoms. The summed E-state index contributed by atoms with van der Waals surface area (Å²) < 4.78 is 6.13. The minimum absolute atomic E-state index is 0.0798. The predicted octanol–water partition coefficient (Wildman–Crippen LogP) is 4.71. The van der Waals surface area contributed by atoms with Gasteiger partial charge in [-0.3, -0.25) is 9.59 Å². The number of anilines is 1. The van der Waals surface area contributed by atoms with Gasteiger partial charge in [0.1, 0.15) is 18.4 Å². The number of urea groups is 1. The van der Waals surface area contributed by atoms with Crippen LogP contribution in [-0.2, 0) is 14.3 Å². The predicted molar refractivity (Wildman–Crippen MR) is 138 cm³/mol. The van der Waals surface area contributed by atoms with Crippen LogP contribution in [0, 0.1) is 34.0 Å². The van der Waals surface area contributed by atoms with Crippen LogP contribution in [0.3, 0.4) is 0 Å². The largest absolute Gasteiger partial charge is 0.460 e. The maximum Gasteiger partial charge on any atom is 0.325 e. The minimum Gasteiger partial charge on any atom is -0.460 e. The maximum absolute atomic E-state index is 13.4. The zero-order valence-electron chi connectivity index (χ0n) is 21.9. The van der Waals surface area contributed by atoms with Gasteiger partial charge in [0, 0.05) is 28.9 Å². The Balaban J connectivity index is 1.59. The van der Waals surface area contributed by atoms with E-state index in [2.05, 4.69) is 38.0 Å². The fraction of sp³-hybridized carbons (Fsp3) is 0.621. The minimum atomic E-state index is -0.711. The Morgan fingerprint density at radius 1 is 1.19 bits per heavy atom. The van der Waals surface area contributed by atoms with Gasteiger partial charge in [0.2, 0.25) is 0 Å². The summed E-state index contributed by atoms with van der Waals surface area (Å²) in [4.78, 5) is 38.8. The molecule has 7 heteroatoms. The molecule has 0 spiro atoms. The molecule has 2 amide bonds. The standard InChI is InChI=1S/C29H40N2O5/c1-6-27(4)16-22(36-23(33)17-30-26(35)31-20-10-8-7-9-11-20)28(5)18(2)12-14-29(19(3)25(27)34)15-13-21(32)24(28)29/h6-11,18-19,22,24-25,34H,1,12-17H2,2-5H3,(H2,30,31,35)/t18-,19+,22-,24+,25+,27-,28+,29+/m1/s1. The second-order valence-electron chi connectivity index (χ2n) is 11.7. The zero-order valence-corrected chi connectivity index (χ0v) is 21.9. The molecule has 0 unspecified atom stereocenters. The van der Waals surface area contributed by atoms with Gasteiger partial charge in [-0.1, -0.05) is 52.0 Å². The maximum atomic E-state index is 13.4. The van der Waals surface area contributed by atoms with Gasteiger partial charge in [0.15, 0.2) is 0 Å². The number of ketones is 1. The summed E-state index contributed by atoms with van der Waals surface area (Å²) in [5.74, 6) is -0.551. The number of amides is 2. The lowest BCUT2D eigenvalue weighted by Crippen LogP contribution is -2.63. The van der Waals surface area contributed by atoms with Crippen molar-refractivity contribution < 1.29 is 24.2 Å². The van der Waals surface area contributed by atoms with E-state index in [4.69, 9.17) is 4.74 Å². The zero-order chi connectivity index (χ0) is 26.3. The first-order chi connectivity index (χ1) is 17.0. The van der Waals surface area contributed by atoms with Crippen molar-refractivity contribution in [2.75, 3.05) is 11.9 Å². The molecule has 1 aromatic carbocycles. The number of benzene rings is 1. The Morgan fingerprint density at radius 3 is 2.56 bits per heavy atom. The Labute approximate surface area is 214 Å². The summed E-state index contributed by atoms with van der Waals surface area (Å²) in [6.45, 7) is 12.0. The molecule has 3 saturated carbocycles. The van der Waals surface area contributed by atoms with E-state index >= 15 is 0 Å². The van der Waals surface area contributed by atoms with Crippen LogP contribution in [0.5, 0.6) is 0 Å². The smallest absolute Gasteiger partial charge is 0.325 e. The average Bonchev–Trinajstić information content (AvgIpc) is 3.22. The summed E-state index contributed by atoms with van der Waals surface area (Å²) in [6, 6.07) is 8.47. The number of para-hydroxylation sites is 1. The number of Topliss-reactive ketones (excluding diaryl/α,β-unsaturated/α-hetero) is 1. The molecule has 8 atom stereocenters. The number of rotatable bonds is 5. The lowest BCUT2D eigenvalue weighted by Gasteiger charge is -2.61. The number of carbonyl (C=O) groups excluding carboxylic acids is 3. The first-order valence-corrected chi connectivity index (χ1v) is 13.1. The number of hydrogen-bond acceptors (Lipinski definition) is 5.